The number of likely N-dealkylation sites (N-methyl/N-ethyl adjacent to an activating group) is 1. The fourth-order valence-electron chi connectivity index (χ4n) is 4.02. The van der Waals surface area contributed by atoms with Crippen molar-refractivity contribution >= 4 is 15.9 Å². The number of amides is 1. The number of benzene rings is 3. The van der Waals surface area contributed by atoms with Crippen LogP contribution >= 0.6 is 0 Å². The molecule has 0 unspecified atom stereocenters. The van der Waals surface area contributed by atoms with E-state index in [0.717, 1.165) is 15.4 Å². The van der Waals surface area contributed by atoms with Gasteiger partial charge in [-0.2, -0.15) is 9.57 Å². The van der Waals surface area contributed by atoms with E-state index >= 15 is 0 Å². The molecule has 1 heterocycles. The zero-order valence-electron chi connectivity index (χ0n) is 17.7. The third-order valence-corrected chi connectivity index (χ3v) is 7.62. The molecule has 7 heteroatoms. The Bertz CT molecular complexity index is 1270. The molecule has 1 aliphatic heterocycles. The van der Waals surface area contributed by atoms with Crippen molar-refractivity contribution in [3.8, 4) is 6.07 Å². The van der Waals surface area contributed by atoms with Gasteiger partial charge in [-0.15, -0.1) is 0 Å². The number of rotatable bonds is 5. The van der Waals surface area contributed by atoms with E-state index in [0.29, 0.717) is 18.7 Å². The third kappa shape index (κ3) is 4.28. The van der Waals surface area contributed by atoms with Crippen LogP contribution in [0.1, 0.15) is 28.2 Å². The molecule has 32 heavy (non-hydrogen) atoms. The van der Waals surface area contributed by atoms with Gasteiger partial charge < -0.3 is 4.90 Å². The molecular weight excluding hydrogens is 422 g/mol. The molecule has 1 atom stereocenters. The predicted molar refractivity (Wildman–Crippen MR) is 121 cm³/mol. The van der Waals surface area contributed by atoms with Crippen LogP contribution in [0.2, 0.25) is 0 Å². The van der Waals surface area contributed by atoms with E-state index < -0.39 is 10.0 Å². The van der Waals surface area contributed by atoms with Crippen LogP contribution in [-0.2, 0) is 21.4 Å². The predicted octanol–water partition coefficient (Wildman–Crippen LogP) is 3.35. The number of hydrogen-bond acceptors (Lipinski definition) is 4. The fraction of sp³-hybridized carbons (Fsp3) is 0.200. The molecule has 1 amide bonds. The monoisotopic (exact) mass is 445 g/mol. The minimum Gasteiger partial charge on any atom is -0.336 e. The lowest BCUT2D eigenvalue weighted by Crippen LogP contribution is -2.44. The van der Waals surface area contributed by atoms with Gasteiger partial charge in [0, 0.05) is 26.1 Å². The largest absolute Gasteiger partial charge is 0.336 e. The van der Waals surface area contributed by atoms with E-state index in [2.05, 4.69) is 18.2 Å². The lowest BCUT2D eigenvalue weighted by Gasteiger charge is -2.35. The van der Waals surface area contributed by atoms with Gasteiger partial charge in [0.15, 0.2) is 0 Å². The smallest absolute Gasteiger partial charge is 0.243 e. The van der Waals surface area contributed by atoms with Crippen molar-refractivity contribution in [3.05, 3.63) is 101 Å². The van der Waals surface area contributed by atoms with E-state index in [1.54, 1.807) is 4.90 Å². The lowest BCUT2D eigenvalue weighted by atomic mass is 9.84. The zero-order chi connectivity index (χ0) is 22.7. The Morgan fingerprint density at radius 2 is 1.69 bits per heavy atom. The van der Waals surface area contributed by atoms with Crippen LogP contribution in [0, 0.1) is 11.3 Å². The van der Waals surface area contributed by atoms with Crippen molar-refractivity contribution in [2.24, 2.45) is 0 Å². The van der Waals surface area contributed by atoms with Gasteiger partial charge in [0.25, 0.3) is 0 Å². The number of fused-ring (bicyclic) bond motifs is 1. The summed E-state index contributed by atoms with van der Waals surface area (Å²) in [7, 11) is -2.45. The highest BCUT2D eigenvalue weighted by Gasteiger charge is 2.31. The molecule has 0 bridgehead atoms. The summed E-state index contributed by atoms with van der Waals surface area (Å²) >= 11 is 0. The first-order chi connectivity index (χ1) is 15.4. The molecule has 4 rings (SSSR count). The van der Waals surface area contributed by atoms with Gasteiger partial charge in [0.05, 0.1) is 23.1 Å². The fourth-order valence-corrected chi connectivity index (χ4v) is 5.14. The van der Waals surface area contributed by atoms with Gasteiger partial charge in [0.1, 0.15) is 0 Å². The second-order valence-corrected chi connectivity index (χ2v) is 9.88. The normalized spacial score (nSPS) is 15.8. The molecule has 3 aromatic carbocycles. The second-order valence-electron chi connectivity index (χ2n) is 7.83. The number of sulfonamides is 1. The van der Waals surface area contributed by atoms with E-state index in [-0.39, 0.29) is 23.3 Å². The van der Waals surface area contributed by atoms with Crippen molar-refractivity contribution < 1.29 is 13.2 Å². The summed E-state index contributed by atoms with van der Waals surface area (Å²) in [6, 6.07) is 25.7. The van der Waals surface area contributed by atoms with Crippen LogP contribution in [0.3, 0.4) is 0 Å². The van der Waals surface area contributed by atoms with Crippen LogP contribution in [0.5, 0.6) is 0 Å². The Morgan fingerprint density at radius 3 is 2.38 bits per heavy atom. The maximum absolute atomic E-state index is 13.2. The minimum atomic E-state index is -3.85. The van der Waals surface area contributed by atoms with E-state index in [4.69, 9.17) is 5.26 Å². The van der Waals surface area contributed by atoms with Gasteiger partial charge in [-0.3, -0.25) is 4.79 Å². The first kappa shape index (κ1) is 21.8. The summed E-state index contributed by atoms with van der Waals surface area (Å²) in [6.07, 6.45) is 0. The highest BCUT2D eigenvalue weighted by molar-refractivity contribution is 7.89. The summed E-state index contributed by atoms with van der Waals surface area (Å²) < 4.78 is 26.9. The molecule has 0 radical (unpaired) electrons. The maximum Gasteiger partial charge on any atom is 0.243 e. The van der Waals surface area contributed by atoms with Gasteiger partial charge in [-0.25, -0.2) is 8.42 Å². The Hall–Kier alpha value is -3.47. The molecule has 1 aliphatic rings. The van der Waals surface area contributed by atoms with Crippen LogP contribution in [-0.4, -0.2) is 43.7 Å². The molecule has 6 nitrogen and oxygen atoms in total. The summed E-state index contributed by atoms with van der Waals surface area (Å²) in [5.41, 5.74) is 3.76. The van der Waals surface area contributed by atoms with Crippen LogP contribution in [0.15, 0.2) is 83.8 Å². The highest BCUT2D eigenvalue weighted by Crippen LogP contribution is 2.33. The van der Waals surface area contributed by atoms with Crippen LogP contribution in [0.4, 0.5) is 0 Å². The van der Waals surface area contributed by atoms with Crippen molar-refractivity contribution in [1.82, 2.24) is 9.21 Å². The van der Waals surface area contributed by atoms with E-state index in [9.17, 15) is 13.2 Å². The standard InChI is InChI=1S/C25H23N3O3S/c1-27(32(30,31)22-13-11-19(15-26)12-14-22)18-25(29)28-16-21-9-5-6-10-23(21)24(17-28)20-7-3-2-4-8-20/h2-14,24H,16-18H2,1H3/t24-/m0/s1. The summed E-state index contributed by atoms with van der Waals surface area (Å²) in [5, 5.41) is 8.92. The summed E-state index contributed by atoms with van der Waals surface area (Å²) in [5.74, 6) is -0.217. The minimum absolute atomic E-state index is 0.0329. The van der Waals surface area contributed by atoms with Crippen LogP contribution in [0.25, 0.3) is 0 Å². The Kier molecular flexibility index (Phi) is 6.08. The lowest BCUT2D eigenvalue weighted by molar-refractivity contribution is -0.132. The first-order valence-corrected chi connectivity index (χ1v) is 11.7. The average molecular weight is 446 g/mol. The Labute approximate surface area is 188 Å². The third-order valence-electron chi connectivity index (χ3n) is 5.80. The van der Waals surface area contributed by atoms with Gasteiger partial charge in [0.2, 0.25) is 15.9 Å². The van der Waals surface area contributed by atoms with E-state index in [1.165, 1.54) is 36.9 Å². The molecular formula is C25H23N3O3S. The van der Waals surface area contributed by atoms with Crippen molar-refractivity contribution in [2.75, 3.05) is 20.1 Å². The summed E-state index contributed by atoms with van der Waals surface area (Å²) in [4.78, 5) is 14.9. The first-order valence-electron chi connectivity index (χ1n) is 10.3. The highest BCUT2D eigenvalue weighted by atomic mass is 32.2. The second kappa shape index (κ2) is 8.95. The topological polar surface area (TPSA) is 81.5 Å². The maximum atomic E-state index is 13.2. The van der Waals surface area contributed by atoms with E-state index in [1.807, 2.05) is 42.5 Å². The molecule has 0 spiro atoms. The molecule has 0 N–H and O–H groups in total. The number of nitriles is 1. The van der Waals surface area contributed by atoms with Crippen molar-refractivity contribution in [2.45, 2.75) is 17.4 Å². The average Bonchev–Trinajstić information content (AvgIpc) is 2.83. The molecule has 162 valence electrons. The Morgan fingerprint density at radius 1 is 1.03 bits per heavy atom. The number of carbonyl (C=O) groups is 1. The SMILES string of the molecule is CN(CC(=O)N1Cc2ccccc2[C@H](c2ccccc2)C1)S(=O)(=O)c1ccc(C#N)cc1. The zero-order valence-corrected chi connectivity index (χ0v) is 18.5. The molecule has 0 aromatic heterocycles. The van der Waals surface area contributed by atoms with Gasteiger partial charge in [-0.1, -0.05) is 54.6 Å². The van der Waals surface area contributed by atoms with Gasteiger partial charge >= 0.3 is 0 Å². The number of hydrogen-bond donors (Lipinski definition) is 0. The quantitative estimate of drug-likeness (QED) is 0.603. The van der Waals surface area contributed by atoms with Crippen LogP contribution < -0.4 is 0 Å². The number of nitrogens with zero attached hydrogens (tertiary/aromatic N) is 3. The summed E-state index contributed by atoms with van der Waals surface area (Å²) in [6.45, 7) is 0.680. The van der Waals surface area contributed by atoms with Gasteiger partial charge in [-0.05, 0) is 41.0 Å². The van der Waals surface area contributed by atoms with Crippen molar-refractivity contribution in [3.63, 3.8) is 0 Å². The molecule has 3 aromatic rings. The molecule has 0 saturated heterocycles. The molecule has 0 saturated carbocycles. The number of carbonyl (C=O) groups excluding carboxylic acids is 1. The van der Waals surface area contributed by atoms with Crippen molar-refractivity contribution in [1.29, 1.82) is 5.26 Å². The molecule has 0 aliphatic carbocycles. The Balaban J connectivity index is 1.55. The molecule has 0 fully saturated rings.